The zero-order chi connectivity index (χ0) is 15.5. The summed E-state index contributed by atoms with van der Waals surface area (Å²) in [6, 6.07) is 5.68. The van der Waals surface area contributed by atoms with Crippen molar-refractivity contribution in [2.45, 2.75) is 45.2 Å². The van der Waals surface area contributed by atoms with Crippen molar-refractivity contribution >= 4 is 11.7 Å². The number of amides is 1. The lowest BCUT2D eigenvalue weighted by molar-refractivity contribution is -0.116. The van der Waals surface area contributed by atoms with Gasteiger partial charge in [0.1, 0.15) is 12.4 Å². The van der Waals surface area contributed by atoms with E-state index in [1.807, 2.05) is 4.68 Å². The number of aryl methyl sites for hydroxylation is 1. The Morgan fingerprint density at radius 1 is 1.36 bits per heavy atom. The smallest absolute Gasteiger partial charge is 0.253 e. The first-order valence-electron chi connectivity index (χ1n) is 7.64. The molecule has 1 N–H and O–H groups in total. The van der Waals surface area contributed by atoms with Crippen LogP contribution in [0, 0.1) is 6.92 Å². The predicted molar refractivity (Wildman–Crippen MR) is 83.8 cm³/mol. The Labute approximate surface area is 128 Å². The third kappa shape index (κ3) is 2.95. The molecule has 1 aliphatic carbocycles. The van der Waals surface area contributed by atoms with Crippen LogP contribution >= 0.6 is 0 Å². The summed E-state index contributed by atoms with van der Waals surface area (Å²) in [6.45, 7) is 1.75. The van der Waals surface area contributed by atoms with E-state index in [4.69, 9.17) is 0 Å². The van der Waals surface area contributed by atoms with Crippen LogP contribution in [-0.2, 0) is 11.3 Å². The molecule has 2 aromatic heterocycles. The van der Waals surface area contributed by atoms with Crippen LogP contribution in [0.15, 0.2) is 35.4 Å². The van der Waals surface area contributed by atoms with Gasteiger partial charge in [0.05, 0.1) is 12.2 Å². The number of carbonyl (C=O) groups excluding carboxylic acids is 1. The van der Waals surface area contributed by atoms with Gasteiger partial charge >= 0.3 is 0 Å². The molecule has 6 heteroatoms. The standard InChI is InChI=1S/C16H20N4O2/c1-12-5-4-10-19(16(12)22)11-15(21)18-14-8-9-17-20(14)13-6-2-3-7-13/h4-5,8-10,13H,2-3,6-7,11H2,1H3,(H,18,21). The molecule has 0 saturated heterocycles. The normalized spacial score (nSPS) is 15.1. The monoisotopic (exact) mass is 300 g/mol. The van der Waals surface area contributed by atoms with Gasteiger partial charge in [-0.3, -0.25) is 9.59 Å². The van der Waals surface area contributed by atoms with Crippen LogP contribution in [0.4, 0.5) is 5.82 Å². The topological polar surface area (TPSA) is 68.9 Å². The van der Waals surface area contributed by atoms with Crippen molar-refractivity contribution in [1.82, 2.24) is 14.3 Å². The Kier molecular flexibility index (Phi) is 4.09. The number of pyridine rings is 1. The first-order chi connectivity index (χ1) is 10.6. The first kappa shape index (κ1) is 14.6. The Bertz CT molecular complexity index is 726. The molecule has 6 nitrogen and oxygen atoms in total. The minimum Gasteiger partial charge on any atom is -0.309 e. The fourth-order valence-corrected chi connectivity index (χ4v) is 2.97. The maximum absolute atomic E-state index is 12.2. The highest BCUT2D eigenvalue weighted by Gasteiger charge is 2.20. The molecule has 0 radical (unpaired) electrons. The lowest BCUT2D eigenvalue weighted by atomic mass is 10.2. The van der Waals surface area contributed by atoms with E-state index in [2.05, 4.69) is 10.4 Å². The number of hydrogen-bond donors (Lipinski definition) is 1. The van der Waals surface area contributed by atoms with Crippen molar-refractivity contribution < 1.29 is 4.79 Å². The molecule has 0 atom stereocenters. The van der Waals surface area contributed by atoms with Gasteiger partial charge in [-0.15, -0.1) is 0 Å². The highest BCUT2D eigenvalue weighted by Crippen LogP contribution is 2.31. The van der Waals surface area contributed by atoms with Gasteiger partial charge in [-0.2, -0.15) is 5.10 Å². The second-order valence-electron chi connectivity index (χ2n) is 5.77. The van der Waals surface area contributed by atoms with Crippen molar-refractivity contribution in [3.05, 3.63) is 46.5 Å². The van der Waals surface area contributed by atoms with Crippen LogP contribution < -0.4 is 10.9 Å². The van der Waals surface area contributed by atoms with Crippen LogP contribution in [-0.4, -0.2) is 20.3 Å². The van der Waals surface area contributed by atoms with Gasteiger partial charge in [0.2, 0.25) is 5.91 Å². The lowest BCUT2D eigenvalue weighted by Crippen LogP contribution is -2.29. The maximum Gasteiger partial charge on any atom is 0.253 e. The number of aromatic nitrogens is 3. The summed E-state index contributed by atoms with van der Waals surface area (Å²) in [5.41, 5.74) is 0.494. The Balaban J connectivity index is 1.71. The molecule has 1 saturated carbocycles. The van der Waals surface area contributed by atoms with E-state index in [1.165, 1.54) is 17.4 Å². The van der Waals surface area contributed by atoms with E-state index in [9.17, 15) is 9.59 Å². The third-order valence-electron chi connectivity index (χ3n) is 4.13. The molecule has 22 heavy (non-hydrogen) atoms. The number of hydrogen-bond acceptors (Lipinski definition) is 3. The number of nitrogens with zero attached hydrogens (tertiary/aromatic N) is 3. The minimum absolute atomic E-state index is 0.0103. The summed E-state index contributed by atoms with van der Waals surface area (Å²) in [7, 11) is 0. The van der Waals surface area contributed by atoms with Gasteiger partial charge in [0, 0.05) is 17.8 Å². The lowest BCUT2D eigenvalue weighted by Gasteiger charge is -2.15. The minimum atomic E-state index is -0.215. The maximum atomic E-state index is 12.2. The van der Waals surface area contributed by atoms with Crippen molar-refractivity contribution in [2.75, 3.05) is 5.32 Å². The van der Waals surface area contributed by atoms with Gasteiger partial charge in [-0.05, 0) is 25.8 Å². The molecule has 2 aromatic rings. The molecular formula is C16H20N4O2. The highest BCUT2D eigenvalue weighted by atomic mass is 16.2. The molecule has 116 valence electrons. The second-order valence-corrected chi connectivity index (χ2v) is 5.77. The van der Waals surface area contributed by atoms with E-state index in [1.54, 1.807) is 37.5 Å². The summed E-state index contributed by atoms with van der Waals surface area (Å²) in [6.07, 6.45) is 7.94. The molecule has 0 bridgehead atoms. The predicted octanol–water partition coefficient (Wildman–Crippen LogP) is 2.11. The molecule has 0 spiro atoms. The van der Waals surface area contributed by atoms with E-state index < -0.39 is 0 Å². The van der Waals surface area contributed by atoms with E-state index in [0.29, 0.717) is 17.4 Å². The number of rotatable bonds is 4. The van der Waals surface area contributed by atoms with Crippen molar-refractivity contribution in [3.63, 3.8) is 0 Å². The molecule has 2 heterocycles. The van der Waals surface area contributed by atoms with Crippen LogP contribution in [0.2, 0.25) is 0 Å². The molecule has 3 rings (SSSR count). The van der Waals surface area contributed by atoms with Crippen LogP contribution in [0.5, 0.6) is 0 Å². The molecule has 1 fully saturated rings. The largest absolute Gasteiger partial charge is 0.309 e. The second kappa shape index (κ2) is 6.17. The van der Waals surface area contributed by atoms with Crippen LogP contribution in [0.25, 0.3) is 0 Å². The molecular weight excluding hydrogens is 280 g/mol. The third-order valence-corrected chi connectivity index (χ3v) is 4.13. The molecule has 0 aromatic carbocycles. The van der Waals surface area contributed by atoms with Gasteiger partial charge < -0.3 is 9.88 Å². The van der Waals surface area contributed by atoms with Gasteiger partial charge in [-0.1, -0.05) is 18.9 Å². The zero-order valence-corrected chi connectivity index (χ0v) is 12.7. The summed E-state index contributed by atoms with van der Waals surface area (Å²) >= 11 is 0. The highest BCUT2D eigenvalue weighted by molar-refractivity contribution is 5.89. The first-order valence-corrected chi connectivity index (χ1v) is 7.64. The fourth-order valence-electron chi connectivity index (χ4n) is 2.97. The number of anilines is 1. The quantitative estimate of drug-likeness (QED) is 0.940. The van der Waals surface area contributed by atoms with Crippen molar-refractivity contribution in [2.24, 2.45) is 0 Å². The molecule has 0 unspecified atom stereocenters. The Morgan fingerprint density at radius 3 is 2.91 bits per heavy atom. The van der Waals surface area contributed by atoms with Gasteiger partial charge in [0.25, 0.3) is 5.56 Å². The number of carbonyl (C=O) groups is 1. The average Bonchev–Trinajstić information content (AvgIpc) is 3.14. The van der Waals surface area contributed by atoms with Crippen molar-refractivity contribution in [3.8, 4) is 0 Å². The summed E-state index contributed by atoms with van der Waals surface area (Å²) in [4.78, 5) is 24.1. The zero-order valence-electron chi connectivity index (χ0n) is 12.7. The summed E-state index contributed by atoms with van der Waals surface area (Å²) < 4.78 is 3.31. The molecule has 1 amide bonds. The fraction of sp³-hybridized carbons (Fsp3) is 0.438. The van der Waals surface area contributed by atoms with Gasteiger partial charge in [-0.25, -0.2) is 4.68 Å². The number of nitrogens with one attached hydrogen (secondary N) is 1. The van der Waals surface area contributed by atoms with Crippen LogP contribution in [0.3, 0.4) is 0 Å². The summed E-state index contributed by atoms with van der Waals surface area (Å²) in [5.74, 6) is 0.491. The van der Waals surface area contributed by atoms with E-state index in [-0.39, 0.29) is 18.0 Å². The van der Waals surface area contributed by atoms with Crippen molar-refractivity contribution in [1.29, 1.82) is 0 Å². The molecule has 0 aliphatic heterocycles. The molecule has 1 aliphatic rings. The SMILES string of the molecule is Cc1cccn(CC(=O)Nc2ccnn2C2CCCC2)c1=O. The average molecular weight is 300 g/mol. The van der Waals surface area contributed by atoms with E-state index in [0.717, 1.165) is 12.8 Å². The van der Waals surface area contributed by atoms with Gasteiger partial charge in [0.15, 0.2) is 0 Å². The Morgan fingerprint density at radius 2 is 2.14 bits per heavy atom. The van der Waals surface area contributed by atoms with E-state index >= 15 is 0 Å². The Hall–Kier alpha value is -2.37. The van der Waals surface area contributed by atoms with Crippen LogP contribution in [0.1, 0.15) is 37.3 Å². The summed E-state index contributed by atoms with van der Waals surface area (Å²) in [5, 5.41) is 7.19.